The van der Waals surface area contributed by atoms with Crippen molar-refractivity contribution in [3.63, 3.8) is 0 Å². The Morgan fingerprint density at radius 3 is 2.15 bits per heavy atom. The summed E-state index contributed by atoms with van der Waals surface area (Å²) >= 11 is 3.40. The van der Waals surface area contributed by atoms with Crippen LogP contribution in [0.1, 0.15) is 30.9 Å². The minimum Gasteiger partial charge on any atom is -0.325 e. The second-order valence-electron chi connectivity index (χ2n) is 7.00. The topological polar surface area (TPSA) is 61.4 Å². The van der Waals surface area contributed by atoms with Gasteiger partial charge in [-0.15, -0.1) is 0 Å². The Balaban J connectivity index is 1.82. The number of rotatable bonds is 7. The zero-order chi connectivity index (χ0) is 20.0. The van der Waals surface area contributed by atoms with Gasteiger partial charge in [-0.3, -0.25) is 14.5 Å². The molecule has 0 aromatic heterocycles. The molecule has 0 fully saturated rings. The Kier molecular flexibility index (Phi) is 7.56. The van der Waals surface area contributed by atoms with Crippen molar-refractivity contribution in [2.75, 3.05) is 30.8 Å². The fraction of sp³-hybridized carbons (Fsp3) is 0.333. The number of aryl methyl sites for hydroxylation is 1. The first-order chi connectivity index (χ1) is 12.7. The van der Waals surface area contributed by atoms with Gasteiger partial charge in [-0.05, 0) is 61.3 Å². The Bertz CT molecular complexity index is 804. The van der Waals surface area contributed by atoms with E-state index in [0.717, 1.165) is 21.4 Å². The number of nitrogens with one attached hydrogen (secondary N) is 2. The fourth-order valence-corrected chi connectivity index (χ4v) is 3.13. The summed E-state index contributed by atoms with van der Waals surface area (Å²) in [6.07, 6.45) is 0. The van der Waals surface area contributed by atoms with Crippen LogP contribution in [0, 0.1) is 6.92 Å². The van der Waals surface area contributed by atoms with Crippen LogP contribution in [0.4, 0.5) is 11.4 Å². The molecule has 2 aromatic carbocycles. The summed E-state index contributed by atoms with van der Waals surface area (Å²) in [6, 6.07) is 13.5. The molecule has 0 atom stereocenters. The summed E-state index contributed by atoms with van der Waals surface area (Å²) < 4.78 is 0.966. The van der Waals surface area contributed by atoms with E-state index in [2.05, 4.69) is 40.4 Å². The maximum Gasteiger partial charge on any atom is 0.238 e. The van der Waals surface area contributed by atoms with Gasteiger partial charge in [0.15, 0.2) is 0 Å². The van der Waals surface area contributed by atoms with Crippen molar-refractivity contribution < 1.29 is 9.59 Å². The Hall–Kier alpha value is -2.18. The molecule has 0 radical (unpaired) electrons. The van der Waals surface area contributed by atoms with E-state index in [0.29, 0.717) is 5.92 Å². The highest BCUT2D eigenvalue weighted by atomic mass is 79.9. The van der Waals surface area contributed by atoms with Crippen molar-refractivity contribution in [3.8, 4) is 0 Å². The highest BCUT2D eigenvalue weighted by Crippen LogP contribution is 2.20. The average molecular weight is 432 g/mol. The smallest absolute Gasteiger partial charge is 0.238 e. The Morgan fingerprint density at radius 1 is 1.00 bits per heavy atom. The van der Waals surface area contributed by atoms with Crippen LogP contribution in [0.5, 0.6) is 0 Å². The van der Waals surface area contributed by atoms with Crippen LogP contribution < -0.4 is 10.6 Å². The highest BCUT2D eigenvalue weighted by Gasteiger charge is 2.12. The number of carbonyl (C=O) groups excluding carboxylic acids is 2. The first-order valence-electron chi connectivity index (χ1n) is 8.89. The lowest BCUT2D eigenvalue weighted by Crippen LogP contribution is -2.36. The van der Waals surface area contributed by atoms with Crippen LogP contribution in [0.3, 0.4) is 0 Å². The fourth-order valence-electron chi connectivity index (χ4n) is 2.66. The van der Waals surface area contributed by atoms with Gasteiger partial charge in [-0.25, -0.2) is 0 Å². The van der Waals surface area contributed by atoms with E-state index in [4.69, 9.17) is 0 Å². The molecule has 2 aromatic rings. The number of amides is 2. The second-order valence-corrected chi connectivity index (χ2v) is 7.92. The van der Waals surface area contributed by atoms with Gasteiger partial charge in [0, 0.05) is 15.8 Å². The molecule has 0 unspecified atom stereocenters. The molecule has 144 valence electrons. The number of carbonyl (C=O) groups is 2. The lowest BCUT2D eigenvalue weighted by molar-refractivity contribution is -0.119. The molecular weight excluding hydrogens is 406 g/mol. The third-order valence-electron chi connectivity index (χ3n) is 4.15. The molecule has 2 amide bonds. The zero-order valence-electron chi connectivity index (χ0n) is 16.2. The molecule has 2 rings (SSSR count). The molecule has 0 heterocycles. The largest absolute Gasteiger partial charge is 0.325 e. The third-order valence-corrected chi connectivity index (χ3v) is 4.64. The SMILES string of the molecule is Cc1cc(Br)ccc1NC(=O)CN(C)CC(=O)Nc1ccc(C(C)C)cc1. The summed E-state index contributed by atoms with van der Waals surface area (Å²) in [7, 11) is 1.75. The number of hydrogen-bond acceptors (Lipinski definition) is 3. The highest BCUT2D eigenvalue weighted by molar-refractivity contribution is 9.10. The first kappa shape index (κ1) is 21.1. The molecule has 5 nitrogen and oxygen atoms in total. The lowest BCUT2D eigenvalue weighted by atomic mass is 10.0. The monoisotopic (exact) mass is 431 g/mol. The summed E-state index contributed by atoms with van der Waals surface area (Å²) in [6.45, 7) is 6.46. The number of nitrogens with zero attached hydrogens (tertiary/aromatic N) is 1. The van der Waals surface area contributed by atoms with Gasteiger partial charge in [-0.2, -0.15) is 0 Å². The quantitative estimate of drug-likeness (QED) is 0.682. The van der Waals surface area contributed by atoms with E-state index in [1.165, 1.54) is 5.56 Å². The number of likely N-dealkylation sites (N-methyl/N-ethyl adjacent to an activating group) is 1. The molecule has 0 spiro atoms. The van der Waals surface area contributed by atoms with Crippen LogP contribution in [0.2, 0.25) is 0 Å². The van der Waals surface area contributed by atoms with Crippen molar-refractivity contribution >= 4 is 39.1 Å². The van der Waals surface area contributed by atoms with Crippen molar-refractivity contribution in [2.24, 2.45) is 0 Å². The van der Waals surface area contributed by atoms with Crippen molar-refractivity contribution in [3.05, 3.63) is 58.1 Å². The number of anilines is 2. The average Bonchev–Trinajstić information content (AvgIpc) is 2.57. The van der Waals surface area contributed by atoms with E-state index in [1.54, 1.807) is 11.9 Å². The van der Waals surface area contributed by atoms with Crippen LogP contribution in [0.25, 0.3) is 0 Å². The van der Waals surface area contributed by atoms with Gasteiger partial charge in [0.25, 0.3) is 0 Å². The van der Waals surface area contributed by atoms with Gasteiger partial charge in [-0.1, -0.05) is 41.9 Å². The summed E-state index contributed by atoms with van der Waals surface area (Å²) in [5, 5.41) is 5.73. The maximum absolute atomic E-state index is 12.2. The molecular formula is C21H26BrN3O2. The predicted octanol–water partition coefficient (Wildman–Crippen LogP) is 4.39. The summed E-state index contributed by atoms with van der Waals surface area (Å²) in [4.78, 5) is 26.1. The maximum atomic E-state index is 12.2. The third kappa shape index (κ3) is 6.81. The van der Waals surface area contributed by atoms with Crippen molar-refractivity contribution in [1.29, 1.82) is 0 Å². The Labute approximate surface area is 169 Å². The molecule has 0 saturated heterocycles. The molecule has 6 heteroatoms. The van der Waals surface area contributed by atoms with Crippen LogP contribution in [0.15, 0.2) is 46.9 Å². The van der Waals surface area contributed by atoms with E-state index in [-0.39, 0.29) is 24.9 Å². The molecule has 0 bridgehead atoms. The van der Waals surface area contributed by atoms with Gasteiger partial charge >= 0.3 is 0 Å². The molecule has 0 saturated carbocycles. The van der Waals surface area contributed by atoms with Crippen LogP contribution in [-0.2, 0) is 9.59 Å². The lowest BCUT2D eigenvalue weighted by Gasteiger charge is -2.17. The van der Waals surface area contributed by atoms with Gasteiger partial charge in [0.05, 0.1) is 13.1 Å². The van der Waals surface area contributed by atoms with E-state index < -0.39 is 0 Å². The minimum atomic E-state index is -0.156. The van der Waals surface area contributed by atoms with Crippen LogP contribution >= 0.6 is 15.9 Å². The first-order valence-corrected chi connectivity index (χ1v) is 9.68. The molecule has 0 aliphatic carbocycles. The second kappa shape index (κ2) is 9.67. The molecule has 2 N–H and O–H groups in total. The predicted molar refractivity (Wildman–Crippen MR) is 114 cm³/mol. The van der Waals surface area contributed by atoms with E-state index in [1.807, 2.05) is 49.4 Å². The standard InChI is InChI=1S/C21H26BrN3O2/c1-14(2)16-5-8-18(9-6-16)23-20(26)12-25(4)13-21(27)24-19-10-7-17(22)11-15(19)3/h5-11,14H,12-13H2,1-4H3,(H,23,26)(H,24,27). The Morgan fingerprint density at radius 2 is 1.59 bits per heavy atom. The molecule has 0 aliphatic rings. The zero-order valence-corrected chi connectivity index (χ0v) is 17.8. The molecule has 0 aliphatic heterocycles. The number of hydrogen-bond donors (Lipinski definition) is 2. The van der Waals surface area contributed by atoms with Crippen LogP contribution in [-0.4, -0.2) is 36.9 Å². The van der Waals surface area contributed by atoms with Crippen molar-refractivity contribution in [1.82, 2.24) is 4.90 Å². The van der Waals surface area contributed by atoms with E-state index >= 15 is 0 Å². The van der Waals surface area contributed by atoms with Gasteiger partial charge < -0.3 is 10.6 Å². The normalized spacial score (nSPS) is 10.9. The number of halogens is 1. The minimum absolute atomic E-state index is 0.134. The van der Waals surface area contributed by atoms with E-state index in [9.17, 15) is 9.59 Å². The van der Waals surface area contributed by atoms with Gasteiger partial charge in [0.1, 0.15) is 0 Å². The van der Waals surface area contributed by atoms with Crippen molar-refractivity contribution in [2.45, 2.75) is 26.7 Å². The molecule has 27 heavy (non-hydrogen) atoms. The summed E-state index contributed by atoms with van der Waals surface area (Å²) in [5.41, 5.74) is 3.73. The van der Waals surface area contributed by atoms with Gasteiger partial charge in [0.2, 0.25) is 11.8 Å². The number of benzene rings is 2. The summed E-state index contributed by atoms with van der Waals surface area (Å²) in [5.74, 6) is 0.146.